The molecule has 1 aliphatic rings. The van der Waals surface area contributed by atoms with Gasteiger partial charge in [0.15, 0.2) is 5.78 Å². The predicted molar refractivity (Wildman–Crippen MR) is 69.7 cm³/mol. The first kappa shape index (κ1) is 11.5. The van der Waals surface area contributed by atoms with E-state index in [-0.39, 0.29) is 11.9 Å². The molecule has 0 fully saturated rings. The number of ketones is 1. The van der Waals surface area contributed by atoms with Gasteiger partial charge >= 0.3 is 0 Å². The molecule has 0 spiro atoms. The van der Waals surface area contributed by atoms with E-state index in [9.17, 15) is 4.79 Å². The van der Waals surface area contributed by atoms with Crippen molar-refractivity contribution in [2.45, 2.75) is 12.5 Å². The van der Waals surface area contributed by atoms with E-state index >= 15 is 0 Å². The molecule has 2 aromatic rings. The van der Waals surface area contributed by atoms with E-state index in [4.69, 9.17) is 4.74 Å². The van der Waals surface area contributed by atoms with Crippen LogP contribution in [0.3, 0.4) is 0 Å². The van der Waals surface area contributed by atoms with Crippen LogP contribution in [0.1, 0.15) is 28.4 Å². The van der Waals surface area contributed by atoms with Crippen molar-refractivity contribution in [2.24, 2.45) is 7.05 Å². The summed E-state index contributed by atoms with van der Waals surface area (Å²) in [5.41, 5.74) is 1.58. The van der Waals surface area contributed by atoms with Gasteiger partial charge in [0.2, 0.25) is 0 Å². The maximum absolute atomic E-state index is 12.1. The highest BCUT2D eigenvalue weighted by Gasteiger charge is 2.28. The van der Waals surface area contributed by atoms with Crippen LogP contribution in [0.25, 0.3) is 0 Å². The van der Waals surface area contributed by atoms with Crippen molar-refractivity contribution in [3.05, 3.63) is 46.2 Å². The van der Waals surface area contributed by atoms with E-state index in [0.717, 1.165) is 10.0 Å². The van der Waals surface area contributed by atoms with E-state index in [0.29, 0.717) is 17.7 Å². The SMILES string of the molecule is Cn1cc(C2CC(=O)c3ccc(Br)cc3O2)cn1. The van der Waals surface area contributed by atoms with E-state index in [1.807, 2.05) is 25.4 Å². The summed E-state index contributed by atoms with van der Waals surface area (Å²) in [6, 6.07) is 5.47. The highest BCUT2D eigenvalue weighted by Crippen LogP contribution is 2.36. The van der Waals surface area contributed by atoms with E-state index in [2.05, 4.69) is 21.0 Å². The minimum Gasteiger partial charge on any atom is -0.484 e. The van der Waals surface area contributed by atoms with Gasteiger partial charge < -0.3 is 4.74 Å². The number of carbonyl (C=O) groups excluding carboxylic acids is 1. The van der Waals surface area contributed by atoms with Gasteiger partial charge in [-0.05, 0) is 18.2 Å². The summed E-state index contributed by atoms with van der Waals surface area (Å²) in [6.45, 7) is 0. The number of rotatable bonds is 1. The lowest BCUT2D eigenvalue weighted by Crippen LogP contribution is -2.20. The van der Waals surface area contributed by atoms with E-state index < -0.39 is 0 Å². The number of fused-ring (bicyclic) bond motifs is 1. The molecule has 1 atom stereocenters. The van der Waals surface area contributed by atoms with Crippen LogP contribution in [-0.2, 0) is 7.05 Å². The average Bonchev–Trinajstić information content (AvgIpc) is 2.75. The second-order valence-corrected chi connectivity index (χ2v) is 5.24. The Morgan fingerprint density at radius 1 is 1.50 bits per heavy atom. The van der Waals surface area contributed by atoms with Crippen LogP contribution in [0, 0.1) is 0 Å². The zero-order chi connectivity index (χ0) is 12.7. The molecule has 3 rings (SSSR count). The number of benzene rings is 1. The number of carbonyl (C=O) groups is 1. The summed E-state index contributed by atoms with van der Waals surface area (Å²) < 4.78 is 8.49. The number of nitrogens with zero attached hydrogens (tertiary/aromatic N) is 2. The van der Waals surface area contributed by atoms with E-state index in [1.54, 1.807) is 16.9 Å². The second-order valence-electron chi connectivity index (χ2n) is 4.32. The Hall–Kier alpha value is -1.62. The van der Waals surface area contributed by atoms with Crippen molar-refractivity contribution in [3.8, 4) is 5.75 Å². The maximum Gasteiger partial charge on any atom is 0.170 e. The molecule has 4 nitrogen and oxygen atoms in total. The van der Waals surface area contributed by atoms with Gasteiger partial charge in [-0.25, -0.2) is 0 Å². The molecule has 1 aromatic heterocycles. The van der Waals surface area contributed by atoms with Crippen LogP contribution in [0.4, 0.5) is 0 Å². The molecule has 2 heterocycles. The fourth-order valence-electron chi connectivity index (χ4n) is 2.09. The number of hydrogen-bond donors (Lipinski definition) is 0. The molecule has 1 unspecified atom stereocenters. The first-order valence-corrected chi connectivity index (χ1v) is 6.41. The third-order valence-electron chi connectivity index (χ3n) is 2.98. The van der Waals surface area contributed by atoms with E-state index in [1.165, 1.54) is 0 Å². The van der Waals surface area contributed by atoms with Crippen LogP contribution < -0.4 is 4.74 Å². The number of hydrogen-bond acceptors (Lipinski definition) is 3. The van der Waals surface area contributed by atoms with Crippen molar-refractivity contribution >= 4 is 21.7 Å². The minimum atomic E-state index is -0.243. The topological polar surface area (TPSA) is 44.1 Å². The smallest absolute Gasteiger partial charge is 0.170 e. The third-order valence-corrected chi connectivity index (χ3v) is 3.47. The molecule has 0 saturated carbocycles. The lowest BCUT2D eigenvalue weighted by molar-refractivity contribution is 0.0850. The van der Waals surface area contributed by atoms with Crippen LogP contribution in [0.5, 0.6) is 5.75 Å². The monoisotopic (exact) mass is 306 g/mol. The molecule has 18 heavy (non-hydrogen) atoms. The first-order chi connectivity index (χ1) is 8.63. The van der Waals surface area contributed by atoms with Gasteiger partial charge in [-0.3, -0.25) is 9.48 Å². The minimum absolute atomic E-state index is 0.109. The first-order valence-electron chi connectivity index (χ1n) is 5.61. The predicted octanol–water partition coefficient (Wildman–Crippen LogP) is 2.89. The molecule has 1 aromatic carbocycles. The van der Waals surface area contributed by atoms with Gasteiger partial charge in [0.1, 0.15) is 11.9 Å². The standard InChI is InChI=1S/C13H11BrN2O2/c1-16-7-8(6-15-16)12-5-11(17)10-3-2-9(14)4-13(10)18-12/h2-4,6-7,12H,5H2,1H3. The molecule has 0 bridgehead atoms. The van der Waals surface area contributed by atoms with Gasteiger partial charge in [0.05, 0.1) is 18.2 Å². The highest BCUT2D eigenvalue weighted by atomic mass is 79.9. The lowest BCUT2D eigenvalue weighted by atomic mass is 9.98. The molecule has 0 aliphatic carbocycles. The summed E-state index contributed by atoms with van der Waals surface area (Å²) >= 11 is 3.38. The number of aromatic nitrogens is 2. The van der Waals surface area contributed by atoms with Gasteiger partial charge in [-0.2, -0.15) is 5.10 Å². The molecule has 0 radical (unpaired) electrons. The molecular formula is C13H11BrN2O2. The summed E-state index contributed by atoms with van der Waals surface area (Å²) in [4.78, 5) is 12.1. The third kappa shape index (κ3) is 1.95. The number of ether oxygens (including phenoxy) is 1. The normalized spacial score (nSPS) is 18.3. The Balaban J connectivity index is 1.98. The molecule has 0 amide bonds. The Labute approximate surface area is 113 Å². The van der Waals surface area contributed by atoms with Gasteiger partial charge in [0.25, 0.3) is 0 Å². The molecule has 5 heteroatoms. The molecule has 0 N–H and O–H groups in total. The maximum atomic E-state index is 12.1. The van der Waals surface area contributed by atoms with Crippen molar-refractivity contribution in [2.75, 3.05) is 0 Å². The fourth-order valence-corrected chi connectivity index (χ4v) is 2.43. The Kier molecular flexibility index (Phi) is 2.70. The van der Waals surface area contributed by atoms with Crippen molar-refractivity contribution in [1.29, 1.82) is 0 Å². The Bertz CT molecular complexity index is 621. The zero-order valence-electron chi connectivity index (χ0n) is 9.76. The number of halogens is 1. The molecule has 92 valence electrons. The van der Waals surface area contributed by atoms with Gasteiger partial charge in [0, 0.05) is 23.3 Å². The summed E-state index contributed by atoms with van der Waals surface area (Å²) in [5, 5.41) is 4.11. The summed E-state index contributed by atoms with van der Waals surface area (Å²) in [7, 11) is 1.85. The quantitative estimate of drug-likeness (QED) is 0.813. The Morgan fingerprint density at radius 2 is 2.33 bits per heavy atom. The van der Waals surface area contributed by atoms with Crippen molar-refractivity contribution < 1.29 is 9.53 Å². The second kappa shape index (κ2) is 4.24. The van der Waals surface area contributed by atoms with Gasteiger partial charge in [-0.1, -0.05) is 15.9 Å². The summed E-state index contributed by atoms with van der Waals surface area (Å²) in [6.07, 6.45) is 3.73. The van der Waals surface area contributed by atoms with Crippen LogP contribution in [0.15, 0.2) is 35.1 Å². The largest absolute Gasteiger partial charge is 0.484 e. The number of aryl methyl sites for hydroxylation is 1. The van der Waals surface area contributed by atoms with Crippen LogP contribution in [0.2, 0.25) is 0 Å². The van der Waals surface area contributed by atoms with Crippen molar-refractivity contribution in [3.63, 3.8) is 0 Å². The molecular weight excluding hydrogens is 296 g/mol. The van der Waals surface area contributed by atoms with Crippen molar-refractivity contribution in [1.82, 2.24) is 9.78 Å². The number of Topliss-reactive ketones (excluding diaryl/α,β-unsaturated/α-hetero) is 1. The van der Waals surface area contributed by atoms with Crippen LogP contribution >= 0.6 is 15.9 Å². The van der Waals surface area contributed by atoms with Crippen LogP contribution in [-0.4, -0.2) is 15.6 Å². The molecule has 1 aliphatic heterocycles. The molecule has 0 saturated heterocycles. The fraction of sp³-hybridized carbons (Fsp3) is 0.231. The average molecular weight is 307 g/mol. The summed E-state index contributed by atoms with van der Waals surface area (Å²) in [5.74, 6) is 0.743. The highest BCUT2D eigenvalue weighted by molar-refractivity contribution is 9.10. The zero-order valence-corrected chi connectivity index (χ0v) is 11.3. The lowest BCUT2D eigenvalue weighted by Gasteiger charge is -2.24. The van der Waals surface area contributed by atoms with Gasteiger partial charge in [-0.15, -0.1) is 0 Å². The Morgan fingerprint density at radius 3 is 3.06 bits per heavy atom.